The van der Waals surface area contributed by atoms with Crippen molar-refractivity contribution in [1.82, 2.24) is 0 Å². The van der Waals surface area contributed by atoms with Crippen molar-refractivity contribution in [3.63, 3.8) is 0 Å². The molecule has 2 rings (SSSR count). The van der Waals surface area contributed by atoms with Crippen LogP contribution in [0, 0.1) is 11.8 Å². The van der Waals surface area contributed by atoms with Crippen LogP contribution in [0.3, 0.4) is 0 Å². The van der Waals surface area contributed by atoms with Crippen LogP contribution in [0.15, 0.2) is 29.8 Å². The van der Waals surface area contributed by atoms with E-state index in [1.165, 1.54) is 18.4 Å². The number of ether oxygens (including phenoxy) is 1. The maximum atomic E-state index is 11.0. The van der Waals surface area contributed by atoms with Crippen LogP contribution in [0.1, 0.15) is 41.6 Å². The molecule has 0 amide bonds. The summed E-state index contributed by atoms with van der Waals surface area (Å²) in [4.78, 5) is 11.0. The van der Waals surface area contributed by atoms with Crippen LogP contribution in [0.25, 0.3) is 0 Å². The minimum Gasteiger partial charge on any atom is -0.497 e. The molecule has 92 valence electrons. The molecule has 1 aromatic carbocycles. The molecule has 0 heterocycles. The fraction of sp³-hybridized carbons (Fsp3) is 0.312. The summed E-state index contributed by atoms with van der Waals surface area (Å²) in [6.45, 7) is 0. The van der Waals surface area contributed by atoms with Crippen LogP contribution < -0.4 is 4.74 Å². The lowest BCUT2D eigenvalue weighted by Crippen LogP contribution is -1.92. The molecule has 2 nitrogen and oxygen atoms in total. The first-order chi connectivity index (χ1) is 8.83. The van der Waals surface area contributed by atoms with Crippen molar-refractivity contribution in [1.29, 1.82) is 0 Å². The first kappa shape index (κ1) is 12.4. The predicted molar refractivity (Wildman–Crippen MR) is 71.8 cm³/mol. The highest BCUT2D eigenvalue weighted by molar-refractivity contribution is 5.80. The van der Waals surface area contributed by atoms with Crippen molar-refractivity contribution in [2.24, 2.45) is 0 Å². The summed E-state index contributed by atoms with van der Waals surface area (Å²) in [5.41, 5.74) is 2.53. The molecule has 0 aromatic heterocycles. The van der Waals surface area contributed by atoms with E-state index in [1.807, 2.05) is 12.1 Å². The van der Waals surface area contributed by atoms with E-state index in [2.05, 4.69) is 17.9 Å². The van der Waals surface area contributed by atoms with Crippen LogP contribution in [0.2, 0.25) is 0 Å². The highest BCUT2D eigenvalue weighted by atomic mass is 16.5. The van der Waals surface area contributed by atoms with E-state index in [9.17, 15) is 4.79 Å². The Morgan fingerprint density at radius 3 is 2.83 bits per heavy atom. The summed E-state index contributed by atoms with van der Waals surface area (Å²) in [6, 6.07) is 5.37. The van der Waals surface area contributed by atoms with Crippen LogP contribution in [-0.4, -0.2) is 13.4 Å². The van der Waals surface area contributed by atoms with Gasteiger partial charge in [0.15, 0.2) is 6.29 Å². The SMILES string of the molecule is COc1ccc(C#CC2=CCCCC2)c(C=O)c1. The number of allylic oxidation sites excluding steroid dienone is 2. The summed E-state index contributed by atoms with van der Waals surface area (Å²) in [5.74, 6) is 6.92. The van der Waals surface area contributed by atoms with Gasteiger partial charge in [-0.2, -0.15) is 0 Å². The second-order valence-electron chi connectivity index (χ2n) is 4.30. The maximum Gasteiger partial charge on any atom is 0.151 e. The molecule has 0 fully saturated rings. The van der Waals surface area contributed by atoms with E-state index in [-0.39, 0.29) is 0 Å². The molecule has 0 unspecified atom stereocenters. The molecule has 1 aliphatic carbocycles. The Bertz CT molecular complexity index is 530. The van der Waals surface area contributed by atoms with E-state index in [4.69, 9.17) is 4.74 Å². The lowest BCUT2D eigenvalue weighted by atomic mass is 9.99. The van der Waals surface area contributed by atoms with Gasteiger partial charge in [0.1, 0.15) is 5.75 Å². The van der Waals surface area contributed by atoms with Gasteiger partial charge in [0.2, 0.25) is 0 Å². The number of carbonyl (C=O) groups is 1. The largest absolute Gasteiger partial charge is 0.497 e. The third-order valence-corrected chi connectivity index (χ3v) is 3.03. The van der Waals surface area contributed by atoms with Crippen LogP contribution in [0.4, 0.5) is 0 Å². The highest BCUT2D eigenvalue weighted by Crippen LogP contribution is 2.18. The number of methoxy groups -OCH3 is 1. The van der Waals surface area contributed by atoms with Gasteiger partial charge in [-0.25, -0.2) is 0 Å². The van der Waals surface area contributed by atoms with Crippen LogP contribution in [-0.2, 0) is 0 Å². The molecule has 18 heavy (non-hydrogen) atoms. The van der Waals surface area contributed by atoms with Gasteiger partial charge in [0.25, 0.3) is 0 Å². The normalized spacial score (nSPS) is 14.2. The van der Waals surface area contributed by atoms with Gasteiger partial charge >= 0.3 is 0 Å². The molecule has 1 aliphatic rings. The molecule has 0 saturated carbocycles. The van der Waals surface area contributed by atoms with Gasteiger partial charge < -0.3 is 4.74 Å². The first-order valence-corrected chi connectivity index (χ1v) is 6.18. The zero-order valence-electron chi connectivity index (χ0n) is 10.5. The fourth-order valence-electron chi connectivity index (χ4n) is 1.98. The highest BCUT2D eigenvalue weighted by Gasteiger charge is 2.02. The zero-order chi connectivity index (χ0) is 12.8. The second-order valence-corrected chi connectivity index (χ2v) is 4.30. The number of benzene rings is 1. The van der Waals surface area contributed by atoms with Gasteiger partial charge in [-0.15, -0.1) is 0 Å². The molecule has 0 saturated heterocycles. The maximum absolute atomic E-state index is 11.0. The molecule has 0 atom stereocenters. The van der Waals surface area contributed by atoms with Crippen LogP contribution >= 0.6 is 0 Å². The molecular formula is C16H16O2. The Morgan fingerprint density at radius 2 is 2.17 bits per heavy atom. The Balaban J connectivity index is 2.26. The quantitative estimate of drug-likeness (QED) is 0.585. The van der Waals surface area contributed by atoms with Gasteiger partial charge in [0, 0.05) is 11.1 Å². The predicted octanol–water partition coefficient (Wildman–Crippen LogP) is 3.36. The summed E-state index contributed by atoms with van der Waals surface area (Å²) in [6.07, 6.45) is 7.66. The van der Waals surface area contributed by atoms with Crippen molar-refractivity contribution in [2.45, 2.75) is 25.7 Å². The van der Waals surface area contributed by atoms with E-state index in [0.29, 0.717) is 11.3 Å². The van der Waals surface area contributed by atoms with E-state index in [0.717, 1.165) is 24.7 Å². The van der Waals surface area contributed by atoms with Crippen LogP contribution in [0.5, 0.6) is 5.75 Å². The number of rotatable bonds is 2. The molecule has 2 heteroatoms. The smallest absolute Gasteiger partial charge is 0.151 e. The third-order valence-electron chi connectivity index (χ3n) is 3.03. The zero-order valence-corrected chi connectivity index (χ0v) is 10.5. The van der Waals surface area contributed by atoms with Gasteiger partial charge in [0.05, 0.1) is 7.11 Å². The third kappa shape index (κ3) is 3.01. The number of hydrogen-bond acceptors (Lipinski definition) is 2. The van der Waals surface area contributed by atoms with Crippen molar-refractivity contribution in [3.05, 3.63) is 41.0 Å². The van der Waals surface area contributed by atoms with Crippen molar-refractivity contribution in [3.8, 4) is 17.6 Å². The number of hydrogen-bond donors (Lipinski definition) is 0. The monoisotopic (exact) mass is 240 g/mol. The molecule has 0 bridgehead atoms. The summed E-state index contributed by atoms with van der Waals surface area (Å²) < 4.78 is 5.09. The first-order valence-electron chi connectivity index (χ1n) is 6.18. The van der Waals surface area contributed by atoms with Crippen molar-refractivity contribution >= 4 is 6.29 Å². The van der Waals surface area contributed by atoms with E-state index in [1.54, 1.807) is 13.2 Å². The fourth-order valence-corrected chi connectivity index (χ4v) is 1.98. The number of carbonyl (C=O) groups excluding carboxylic acids is 1. The minimum absolute atomic E-state index is 0.582. The lowest BCUT2D eigenvalue weighted by molar-refractivity contribution is 0.112. The Kier molecular flexibility index (Phi) is 4.20. The standard InChI is InChI=1S/C16H16O2/c1-18-16-10-9-14(15(11-16)12-17)8-7-13-5-3-2-4-6-13/h5,9-12H,2-4,6H2,1H3. The van der Waals surface area contributed by atoms with Gasteiger partial charge in [-0.1, -0.05) is 17.9 Å². The Morgan fingerprint density at radius 1 is 1.28 bits per heavy atom. The topological polar surface area (TPSA) is 26.3 Å². The second kappa shape index (κ2) is 6.07. The summed E-state index contributed by atoms with van der Waals surface area (Å²) in [5, 5.41) is 0. The average molecular weight is 240 g/mol. The molecule has 0 radical (unpaired) electrons. The number of aldehydes is 1. The molecule has 0 spiro atoms. The molecular weight excluding hydrogens is 224 g/mol. The van der Waals surface area contributed by atoms with Gasteiger partial charge in [-0.3, -0.25) is 4.79 Å². The molecule has 1 aromatic rings. The van der Waals surface area contributed by atoms with Crippen molar-refractivity contribution < 1.29 is 9.53 Å². The minimum atomic E-state index is 0.582. The molecule has 0 aliphatic heterocycles. The van der Waals surface area contributed by atoms with E-state index < -0.39 is 0 Å². The molecule has 0 N–H and O–H groups in total. The lowest BCUT2D eigenvalue weighted by Gasteiger charge is -2.06. The Hall–Kier alpha value is -2.01. The van der Waals surface area contributed by atoms with Crippen molar-refractivity contribution in [2.75, 3.05) is 7.11 Å². The summed E-state index contributed by atoms with van der Waals surface area (Å²) >= 11 is 0. The Labute approximate surface area is 108 Å². The average Bonchev–Trinajstić information content (AvgIpc) is 2.46. The van der Waals surface area contributed by atoms with Gasteiger partial charge in [-0.05, 0) is 49.5 Å². The summed E-state index contributed by atoms with van der Waals surface area (Å²) in [7, 11) is 1.59. The van der Waals surface area contributed by atoms with E-state index >= 15 is 0 Å².